The summed E-state index contributed by atoms with van der Waals surface area (Å²) in [7, 11) is 0. The van der Waals surface area contributed by atoms with Crippen LogP contribution >= 0.6 is 12.2 Å². The van der Waals surface area contributed by atoms with Crippen LogP contribution in [0.5, 0.6) is 0 Å². The minimum Gasteiger partial charge on any atom is -0.447 e. The van der Waals surface area contributed by atoms with E-state index < -0.39 is 0 Å². The lowest BCUT2D eigenvalue weighted by Crippen LogP contribution is -2.09. The van der Waals surface area contributed by atoms with Crippen LogP contribution in [0.25, 0.3) is 6.08 Å². The second-order valence-corrected chi connectivity index (χ2v) is 3.99. The van der Waals surface area contributed by atoms with Gasteiger partial charge in [0.25, 0.3) is 0 Å². The zero-order valence-electron chi connectivity index (χ0n) is 10.3. The summed E-state index contributed by atoms with van der Waals surface area (Å²) >= 11 is 4.97. The van der Waals surface area contributed by atoms with Crippen molar-refractivity contribution in [2.75, 3.05) is 6.79 Å². The Kier molecular flexibility index (Phi) is 6.72. The van der Waals surface area contributed by atoms with E-state index in [2.05, 4.69) is 0 Å². The molecule has 0 atom stereocenters. The molecule has 18 heavy (non-hydrogen) atoms. The predicted octanol–water partition coefficient (Wildman–Crippen LogP) is 3.34. The molecule has 0 aliphatic rings. The average Bonchev–Trinajstić information content (AvgIpc) is 2.38. The molecule has 0 saturated carbocycles. The number of thiocarbonyl (C=S) groups is 1. The first-order valence-electron chi connectivity index (χ1n) is 5.78. The highest BCUT2D eigenvalue weighted by atomic mass is 32.1. The molecule has 0 aliphatic heterocycles. The van der Waals surface area contributed by atoms with Crippen LogP contribution in [0.1, 0.15) is 25.3 Å². The number of benzene rings is 1. The molecular formula is C14H16O3S. The maximum atomic E-state index is 11.0. The van der Waals surface area contributed by atoms with Gasteiger partial charge in [-0.3, -0.25) is 4.79 Å². The van der Waals surface area contributed by atoms with E-state index in [1.807, 2.05) is 43.3 Å². The van der Waals surface area contributed by atoms with Crippen molar-refractivity contribution < 1.29 is 14.3 Å². The van der Waals surface area contributed by atoms with Gasteiger partial charge in [-0.05, 0) is 30.3 Å². The molecule has 0 aromatic heterocycles. The number of ether oxygens (including phenoxy) is 2. The Balaban J connectivity index is 2.26. The molecule has 3 nitrogen and oxygen atoms in total. The molecule has 0 amide bonds. The van der Waals surface area contributed by atoms with Gasteiger partial charge in [0.2, 0.25) is 6.79 Å². The van der Waals surface area contributed by atoms with Gasteiger partial charge in [0.05, 0.1) is 0 Å². The lowest BCUT2D eigenvalue weighted by molar-refractivity contribution is -0.150. The van der Waals surface area contributed by atoms with Crippen LogP contribution in [0.2, 0.25) is 0 Å². The van der Waals surface area contributed by atoms with Crippen molar-refractivity contribution in [2.24, 2.45) is 0 Å². The van der Waals surface area contributed by atoms with Gasteiger partial charge in [-0.15, -0.1) is 0 Å². The summed E-state index contributed by atoms with van der Waals surface area (Å²) in [5, 5.41) is 0.295. The van der Waals surface area contributed by atoms with Crippen LogP contribution in [-0.2, 0) is 14.3 Å². The number of esters is 1. The normalized spacial score (nSPS) is 10.3. The highest BCUT2D eigenvalue weighted by molar-refractivity contribution is 7.80. The minimum atomic E-state index is -0.271. The molecule has 96 valence electrons. The Morgan fingerprint density at radius 2 is 2.00 bits per heavy atom. The fraction of sp³-hybridized carbons (Fsp3) is 0.286. The number of hydrogen-bond donors (Lipinski definition) is 0. The van der Waals surface area contributed by atoms with Crippen LogP contribution in [-0.4, -0.2) is 17.8 Å². The number of carbonyl (C=O) groups excluding carboxylic acids is 1. The zero-order chi connectivity index (χ0) is 13.2. The van der Waals surface area contributed by atoms with Gasteiger partial charge < -0.3 is 9.47 Å². The second-order valence-electron chi connectivity index (χ2n) is 3.59. The molecule has 0 fully saturated rings. The Bertz CT molecular complexity index is 412. The topological polar surface area (TPSA) is 35.5 Å². The Hall–Kier alpha value is -1.68. The lowest BCUT2D eigenvalue weighted by atomic mass is 10.2. The van der Waals surface area contributed by atoms with Gasteiger partial charge in [-0.25, -0.2) is 0 Å². The molecular weight excluding hydrogens is 248 g/mol. The highest BCUT2D eigenvalue weighted by Crippen LogP contribution is 2.02. The quantitative estimate of drug-likeness (QED) is 0.342. The van der Waals surface area contributed by atoms with Crippen LogP contribution in [0, 0.1) is 0 Å². The van der Waals surface area contributed by atoms with Crippen LogP contribution in [0.4, 0.5) is 0 Å². The third kappa shape index (κ3) is 6.15. The summed E-state index contributed by atoms with van der Waals surface area (Å²) in [6, 6.07) is 9.74. The summed E-state index contributed by atoms with van der Waals surface area (Å²) in [6.45, 7) is 1.78. The van der Waals surface area contributed by atoms with E-state index in [0.717, 1.165) is 12.0 Å². The molecule has 0 saturated heterocycles. The predicted molar refractivity (Wildman–Crippen MR) is 75.0 cm³/mol. The summed E-state index contributed by atoms with van der Waals surface area (Å²) in [6.07, 6.45) is 4.67. The molecule has 0 radical (unpaired) electrons. The van der Waals surface area contributed by atoms with Crippen LogP contribution in [0.15, 0.2) is 36.4 Å². The second kappa shape index (κ2) is 8.42. The van der Waals surface area contributed by atoms with Gasteiger partial charge in [-0.2, -0.15) is 0 Å². The van der Waals surface area contributed by atoms with Crippen LogP contribution < -0.4 is 0 Å². The molecule has 1 aromatic rings. The average molecular weight is 264 g/mol. The number of rotatable bonds is 6. The Morgan fingerprint density at radius 1 is 1.28 bits per heavy atom. The van der Waals surface area contributed by atoms with Crippen molar-refractivity contribution >= 4 is 29.3 Å². The van der Waals surface area contributed by atoms with Crippen molar-refractivity contribution in [3.05, 3.63) is 42.0 Å². The van der Waals surface area contributed by atoms with Gasteiger partial charge in [-0.1, -0.05) is 43.3 Å². The fourth-order valence-electron chi connectivity index (χ4n) is 1.21. The lowest BCUT2D eigenvalue weighted by Gasteiger charge is -2.05. The highest BCUT2D eigenvalue weighted by Gasteiger charge is 2.00. The molecule has 1 aromatic carbocycles. The Labute approximate surface area is 112 Å². The van der Waals surface area contributed by atoms with Gasteiger partial charge in [0, 0.05) is 6.42 Å². The minimum absolute atomic E-state index is 0.128. The molecule has 0 unspecified atom stereocenters. The van der Waals surface area contributed by atoms with Crippen molar-refractivity contribution in [1.82, 2.24) is 0 Å². The van der Waals surface area contributed by atoms with Gasteiger partial charge in [0.1, 0.15) is 0 Å². The zero-order valence-corrected chi connectivity index (χ0v) is 11.1. The standard InChI is InChI=1S/C14H16O3S/c1-2-6-13(15)16-11-17-14(18)10-9-12-7-4-3-5-8-12/h3-5,7-10H,2,6,11H2,1H3/b10-9+. The number of carbonyl (C=O) groups is 1. The molecule has 4 heteroatoms. The maximum absolute atomic E-state index is 11.0. The fourth-order valence-corrected chi connectivity index (χ4v) is 1.32. The largest absolute Gasteiger partial charge is 0.447 e. The van der Waals surface area contributed by atoms with E-state index in [1.165, 1.54) is 0 Å². The Morgan fingerprint density at radius 3 is 2.67 bits per heavy atom. The molecule has 0 N–H and O–H groups in total. The molecule has 0 spiro atoms. The molecule has 0 aliphatic carbocycles. The summed E-state index contributed by atoms with van der Waals surface area (Å²) in [4.78, 5) is 11.0. The first kappa shape index (κ1) is 14.4. The van der Waals surface area contributed by atoms with Crippen molar-refractivity contribution in [2.45, 2.75) is 19.8 Å². The number of hydrogen-bond acceptors (Lipinski definition) is 4. The monoisotopic (exact) mass is 264 g/mol. The van der Waals surface area contributed by atoms with Gasteiger partial charge >= 0.3 is 5.97 Å². The van der Waals surface area contributed by atoms with Gasteiger partial charge in [0.15, 0.2) is 5.05 Å². The van der Waals surface area contributed by atoms with Crippen molar-refractivity contribution in [3.8, 4) is 0 Å². The third-order valence-corrected chi connectivity index (χ3v) is 2.34. The van der Waals surface area contributed by atoms with E-state index in [0.29, 0.717) is 11.5 Å². The van der Waals surface area contributed by atoms with Crippen molar-refractivity contribution in [1.29, 1.82) is 0 Å². The van der Waals surface area contributed by atoms with E-state index in [1.54, 1.807) is 6.08 Å². The van der Waals surface area contributed by atoms with Crippen molar-refractivity contribution in [3.63, 3.8) is 0 Å². The van der Waals surface area contributed by atoms with E-state index >= 15 is 0 Å². The smallest absolute Gasteiger partial charge is 0.308 e. The van der Waals surface area contributed by atoms with E-state index in [-0.39, 0.29) is 12.8 Å². The van der Waals surface area contributed by atoms with E-state index in [9.17, 15) is 4.79 Å². The molecule has 0 bridgehead atoms. The van der Waals surface area contributed by atoms with E-state index in [4.69, 9.17) is 21.7 Å². The summed E-state index contributed by atoms with van der Waals surface area (Å²) < 4.78 is 9.90. The van der Waals surface area contributed by atoms with Crippen LogP contribution in [0.3, 0.4) is 0 Å². The maximum Gasteiger partial charge on any atom is 0.308 e. The molecule has 1 rings (SSSR count). The third-order valence-electron chi connectivity index (χ3n) is 2.09. The summed E-state index contributed by atoms with van der Waals surface area (Å²) in [5.74, 6) is -0.271. The SMILES string of the molecule is CCCC(=O)OCOC(=S)/C=C/c1ccccc1. The summed E-state index contributed by atoms with van der Waals surface area (Å²) in [5.41, 5.74) is 1.03. The molecule has 0 heterocycles. The first-order chi connectivity index (χ1) is 8.72. The first-order valence-corrected chi connectivity index (χ1v) is 6.18.